The molecule has 0 amide bonds. The van der Waals surface area contributed by atoms with Crippen molar-refractivity contribution in [2.45, 2.75) is 6.42 Å². The van der Waals surface area contributed by atoms with Crippen molar-refractivity contribution in [2.75, 3.05) is 0 Å². The van der Waals surface area contributed by atoms with Crippen LogP contribution in [0.3, 0.4) is 0 Å². The average molecular weight is 246 g/mol. The van der Waals surface area contributed by atoms with E-state index in [2.05, 4.69) is 4.98 Å². The first kappa shape index (κ1) is 10.3. The molecule has 0 unspecified atom stereocenters. The molecule has 0 atom stereocenters. The first-order chi connectivity index (χ1) is 8.13. The Morgan fingerprint density at radius 1 is 1.29 bits per heavy atom. The number of carbonyl (C=O) groups is 1. The van der Waals surface area contributed by atoms with Crippen molar-refractivity contribution in [3.63, 3.8) is 0 Å². The van der Waals surface area contributed by atoms with E-state index in [0.29, 0.717) is 16.3 Å². The minimum absolute atomic E-state index is 0.0494. The fourth-order valence-electron chi connectivity index (χ4n) is 1.96. The second-order valence-corrected chi connectivity index (χ2v) is 4.43. The third-order valence-electron chi connectivity index (χ3n) is 2.75. The summed E-state index contributed by atoms with van der Waals surface area (Å²) in [6.45, 7) is 0. The Hall–Kier alpha value is -1.87. The van der Waals surface area contributed by atoms with Crippen LogP contribution in [-0.2, 0) is 0 Å². The summed E-state index contributed by atoms with van der Waals surface area (Å²) in [5.74, 6) is -0.0549. The van der Waals surface area contributed by atoms with Gasteiger partial charge < -0.3 is 5.11 Å². The summed E-state index contributed by atoms with van der Waals surface area (Å²) >= 11 is 5.89. The molecule has 1 aromatic carbocycles. The molecule has 1 aliphatic rings. The molecule has 17 heavy (non-hydrogen) atoms. The molecule has 1 N–H and O–H groups in total. The minimum Gasteiger partial charge on any atom is -0.512 e. The number of aliphatic hydroxyl groups is 1. The van der Waals surface area contributed by atoms with E-state index in [1.54, 1.807) is 18.2 Å². The maximum absolute atomic E-state index is 11.7. The highest BCUT2D eigenvalue weighted by Gasteiger charge is 2.19. The number of hydrogen-bond donors (Lipinski definition) is 1. The number of nitrogens with zero attached hydrogens (tertiary/aromatic N) is 1. The van der Waals surface area contributed by atoms with E-state index in [1.807, 2.05) is 6.07 Å². The van der Waals surface area contributed by atoms with Gasteiger partial charge in [0.1, 0.15) is 5.76 Å². The van der Waals surface area contributed by atoms with Crippen LogP contribution < -0.4 is 0 Å². The topological polar surface area (TPSA) is 50.2 Å². The molecule has 0 bridgehead atoms. The molecule has 3 nitrogen and oxygen atoms in total. The molecule has 0 spiro atoms. The van der Waals surface area contributed by atoms with Gasteiger partial charge in [0, 0.05) is 22.0 Å². The van der Waals surface area contributed by atoms with E-state index in [-0.39, 0.29) is 18.0 Å². The summed E-state index contributed by atoms with van der Waals surface area (Å²) in [6.07, 6.45) is 1.57. The molecule has 0 saturated carbocycles. The Morgan fingerprint density at radius 3 is 2.94 bits per heavy atom. The fourth-order valence-corrected chi connectivity index (χ4v) is 2.12. The van der Waals surface area contributed by atoms with Crippen molar-refractivity contribution in [2.24, 2.45) is 0 Å². The van der Waals surface area contributed by atoms with E-state index in [0.717, 1.165) is 10.9 Å². The van der Waals surface area contributed by atoms with Crippen LogP contribution in [-0.4, -0.2) is 15.9 Å². The van der Waals surface area contributed by atoms with Gasteiger partial charge >= 0.3 is 0 Å². The summed E-state index contributed by atoms with van der Waals surface area (Å²) in [5, 5.41) is 10.9. The summed E-state index contributed by atoms with van der Waals surface area (Å²) in [6, 6.07) is 7.12. The number of halogens is 1. The predicted molar refractivity (Wildman–Crippen MR) is 66.3 cm³/mol. The molecular formula is C13H8ClNO2. The van der Waals surface area contributed by atoms with Gasteiger partial charge in [-0.25, -0.2) is 4.98 Å². The van der Waals surface area contributed by atoms with Crippen LogP contribution in [0.1, 0.15) is 22.5 Å². The summed E-state index contributed by atoms with van der Waals surface area (Å²) in [7, 11) is 0. The second-order valence-electron chi connectivity index (χ2n) is 3.99. The molecule has 0 saturated heterocycles. The molecule has 4 heteroatoms. The smallest absolute Gasteiger partial charge is 0.172 e. The van der Waals surface area contributed by atoms with E-state index in [9.17, 15) is 9.90 Å². The zero-order valence-electron chi connectivity index (χ0n) is 8.77. The number of allylic oxidation sites excluding steroid dienone is 1. The number of Topliss-reactive ketones (excluding diaryl/α,β-unsaturated/α-hetero) is 1. The maximum Gasteiger partial charge on any atom is 0.172 e. The third-order valence-corrected chi connectivity index (χ3v) is 2.99. The average Bonchev–Trinajstić information content (AvgIpc) is 2.26. The second kappa shape index (κ2) is 3.57. The van der Waals surface area contributed by atoms with Crippen LogP contribution in [0.15, 0.2) is 30.0 Å². The zero-order valence-corrected chi connectivity index (χ0v) is 9.53. The SMILES string of the molecule is O=C1CC(O)=Cc2nc3cc(Cl)ccc3cc21. The van der Waals surface area contributed by atoms with Crippen LogP contribution in [0.4, 0.5) is 0 Å². The Morgan fingerprint density at radius 2 is 2.12 bits per heavy atom. The molecule has 1 heterocycles. The van der Waals surface area contributed by atoms with Gasteiger partial charge in [-0.2, -0.15) is 0 Å². The maximum atomic E-state index is 11.7. The van der Waals surface area contributed by atoms with Crippen LogP contribution >= 0.6 is 11.6 Å². The van der Waals surface area contributed by atoms with Gasteiger partial charge in [-0.15, -0.1) is 0 Å². The number of aliphatic hydroxyl groups excluding tert-OH is 1. The van der Waals surface area contributed by atoms with Gasteiger partial charge in [-0.05, 0) is 18.2 Å². The monoisotopic (exact) mass is 245 g/mol. The Kier molecular flexibility index (Phi) is 2.16. The van der Waals surface area contributed by atoms with Crippen LogP contribution in [0.5, 0.6) is 0 Å². The molecule has 2 aromatic rings. The van der Waals surface area contributed by atoms with Crippen LogP contribution in [0.25, 0.3) is 17.0 Å². The van der Waals surface area contributed by atoms with Gasteiger partial charge in [0.2, 0.25) is 0 Å². The first-order valence-corrected chi connectivity index (χ1v) is 5.54. The third kappa shape index (κ3) is 1.68. The van der Waals surface area contributed by atoms with Crippen molar-refractivity contribution in [1.82, 2.24) is 4.98 Å². The van der Waals surface area contributed by atoms with Crippen molar-refractivity contribution in [3.05, 3.63) is 46.3 Å². The Labute approximate surface area is 102 Å². The number of carbonyl (C=O) groups excluding carboxylic acids is 1. The van der Waals surface area contributed by atoms with Gasteiger partial charge in [0.05, 0.1) is 17.6 Å². The van der Waals surface area contributed by atoms with Crippen molar-refractivity contribution < 1.29 is 9.90 Å². The number of ketones is 1. The lowest BCUT2D eigenvalue weighted by Crippen LogP contribution is -2.09. The van der Waals surface area contributed by atoms with Crippen molar-refractivity contribution >= 4 is 34.4 Å². The molecule has 3 rings (SSSR count). The Bertz CT molecular complexity index is 676. The highest BCUT2D eigenvalue weighted by Crippen LogP contribution is 2.26. The van der Waals surface area contributed by atoms with E-state index in [1.165, 1.54) is 6.08 Å². The normalized spacial score (nSPS) is 14.6. The van der Waals surface area contributed by atoms with Crippen molar-refractivity contribution in [1.29, 1.82) is 0 Å². The lowest BCUT2D eigenvalue weighted by Gasteiger charge is -2.12. The number of hydrogen-bond acceptors (Lipinski definition) is 3. The zero-order chi connectivity index (χ0) is 12.0. The molecule has 84 valence electrons. The van der Waals surface area contributed by atoms with Crippen LogP contribution in [0, 0.1) is 0 Å². The number of benzene rings is 1. The van der Waals surface area contributed by atoms with E-state index >= 15 is 0 Å². The molecule has 0 aliphatic heterocycles. The van der Waals surface area contributed by atoms with E-state index < -0.39 is 0 Å². The van der Waals surface area contributed by atoms with Gasteiger partial charge in [0.15, 0.2) is 5.78 Å². The van der Waals surface area contributed by atoms with Gasteiger partial charge in [0.25, 0.3) is 0 Å². The minimum atomic E-state index is -0.107. The molecular weight excluding hydrogens is 238 g/mol. The van der Waals surface area contributed by atoms with Gasteiger partial charge in [-0.1, -0.05) is 17.7 Å². The molecule has 1 aliphatic carbocycles. The standard InChI is InChI=1S/C13H8ClNO2/c14-8-2-1-7-3-10-12(15-11(7)4-8)5-9(16)6-13(10)17/h1-5,16H,6H2. The lowest BCUT2D eigenvalue weighted by atomic mass is 9.98. The summed E-state index contributed by atoms with van der Waals surface area (Å²) < 4.78 is 0. The van der Waals surface area contributed by atoms with Crippen LogP contribution in [0.2, 0.25) is 5.02 Å². The molecule has 1 aromatic heterocycles. The van der Waals surface area contributed by atoms with Crippen molar-refractivity contribution in [3.8, 4) is 0 Å². The molecule has 0 radical (unpaired) electrons. The number of aromatic nitrogens is 1. The van der Waals surface area contributed by atoms with Gasteiger partial charge in [-0.3, -0.25) is 4.79 Å². The summed E-state index contributed by atoms with van der Waals surface area (Å²) in [5.41, 5.74) is 1.78. The quantitative estimate of drug-likeness (QED) is 0.774. The highest BCUT2D eigenvalue weighted by molar-refractivity contribution is 6.31. The number of fused-ring (bicyclic) bond motifs is 2. The summed E-state index contributed by atoms with van der Waals surface area (Å²) in [4.78, 5) is 16.1. The fraction of sp³-hybridized carbons (Fsp3) is 0.0769. The highest BCUT2D eigenvalue weighted by atomic mass is 35.5. The lowest BCUT2D eigenvalue weighted by molar-refractivity contribution is 0.0978. The first-order valence-electron chi connectivity index (χ1n) is 5.16. The molecule has 0 fully saturated rings. The number of pyridine rings is 1. The largest absolute Gasteiger partial charge is 0.512 e. The predicted octanol–water partition coefficient (Wildman–Crippen LogP) is 3.37. The number of rotatable bonds is 0. The Balaban J connectivity index is 2.34. The van der Waals surface area contributed by atoms with E-state index in [4.69, 9.17) is 11.6 Å².